The summed E-state index contributed by atoms with van der Waals surface area (Å²) in [6, 6.07) is 10.8. The first-order valence-corrected chi connectivity index (χ1v) is 11.8. The van der Waals surface area contributed by atoms with E-state index in [0.717, 1.165) is 32.1 Å². The fourth-order valence-corrected chi connectivity index (χ4v) is 5.30. The molecular weight excluding hydrogens is 422 g/mol. The zero-order valence-corrected chi connectivity index (χ0v) is 19.5. The summed E-state index contributed by atoms with van der Waals surface area (Å²) in [5, 5.41) is 18.3. The molecule has 3 unspecified atom stereocenters. The van der Waals surface area contributed by atoms with Gasteiger partial charge < -0.3 is 24.2 Å². The average Bonchev–Trinajstić information content (AvgIpc) is 3.38. The number of carbonyl (C=O) groups is 2. The Morgan fingerprint density at radius 2 is 1.94 bits per heavy atom. The summed E-state index contributed by atoms with van der Waals surface area (Å²) in [6.45, 7) is 3.23. The number of quaternary nitrogens is 1. The number of esters is 1. The number of anilines is 1. The van der Waals surface area contributed by atoms with E-state index in [2.05, 4.69) is 10.5 Å². The van der Waals surface area contributed by atoms with Crippen LogP contribution in [0.5, 0.6) is 0 Å². The maximum atomic E-state index is 13.4. The Morgan fingerprint density at radius 3 is 2.61 bits per heavy atom. The van der Waals surface area contributed by atoms with Crippen LogP contribution in [0.4, 0.5) is 5.82 Å². The standard InChI is InChI=1S/C25H33N3O5/c1-18-15-22(27-33-18)26-23(29)17-28(2)14-13-21(16-28)32-24(30)25(31,19-9-5-3-6-10-19)20-11-7-4-8-12-20/h3,5-6,9-10,15,20-21,31H,4,7-8,11-14,16-17H2,1-2H3/p+1. The molecule has 1 aromatic heterocycles. The van der Waals surface area contributed by atoms with E-state index >= 15 is 0 Å². The normalized spacial score (nSPS) is 25.4. The van der Waals surface area contributed by atoms with Gasteiger partial charge in [0.1, 0.15) is 12.3 Å². The van der Waals surface area contributed by atoms with Crippen LogP contribution in [0.25, 0.3) is 0 Å². The smallest absolute Gasteiger partial charge is 0.343 e. The van der Waals surface area contributed by atoms with Crippen LogP contribution in [-0.4, -0.2) is 59.4 Å². The summed E-state index contributed by atoms with van der Waals surface area (Å²) in [6.07, 6.45) is 5.06. The number of ether oxygens (including phenoxy) is 1. The van der Waals surface area contributed by atoms with E-state index in [4.69, 9.17) is 9.26 Å². The second kappa shape index (κ2) is 9.65. The minimum absolute atomic E-state index is 0.153. The number of amides is 1. The minimum Gasteiger partial charge on any atom is -0.454 e. The van der Waals surface area contributed by atoms with Crippen molar-refractivity contribution in [1.82, 2.24) is 5.16 Å². The molecule has 2 heterocycles. The van der Waals surface area contributed by atoms with Crippen LogP contribution in [0.2, 0.25) is 0 Å². The monoisotopic (exact) mass is 456 g/mol. The van der Waals surface area contributed by atoms with Crippen LogP contribution in [0, 0.1) is 12.8 Å². The van der Waals surface area contributed by atoms with Gasteiger partial charge in [0.2, 0.25) is 0 Å². The predicted octanol–water partition coefficient (Wildman–Crippen LogP) is 3.15. The van der Waals surface area contributed by atoms with Crippen molar-refractivity contribution in [3.05, 3.63) is 47.7 Å². The fourth-order valence-electron chi connectivity index (χ4n) is 5.30. The third kappa shape index (κ3) is 5.28. The Balaban J connectivity index is 1.41. The zero-order chi connectivity index (χ0) is 23.5. The summed E-state index contributed by atoms with van der Waals surface area (Å²) in [7, 11) is 1.98. The number of benzene rings is 1. The molecule has 2 aromatic rings. The topological polar surface area (TPSA) is 102 Å². The van der Waals surface area contributed by atoms with E-state index in [0.29, 0.717) is 41.1 Å². The summed E-state index contributed by atoms with van der Waals surface area (Å²) < 4.78 is 11.4. The molecule has 2 fully saturated rings. The number of likely N-dealkylation sites (N-methyl/N-ethyl adjacent to an activating group) is 1. The van der Waals surface area contributed by atoms with Gasteiger partial charge in [-0.25, -0.2) is 4.79 Å². The molecule has 0 radical (unpaired) electrons. The highest BCUT2D eigenvalue weighted by atomic mass is 16.6. The van der Waals surface area contributed by atoms with Crippen molar-refractivity contribution in [1.29, 1.82) is 0 Å². The molecule has 2 aliphatic rings. The fraction of sp³-hybridized carbons (Fsp3) is 0.560. The molecule has 2 N–H and O–H groups in total. The lowest BCUT2D eigenvalue weighted by molar-refractivity contribution is -0.890. The molecule has 33 heavy (non-hydrogen) atoms. The van der Waals surface area contributed by atoms with Crippen molar-refractivity contribution in [2.75, 3.05) is 32.0 Å². The lowest BCUT2D eigenvalue weighted by Gasteiger charge is -2.37. The molecule has 1 aromatic carbocycles. The highest BCUT2D eigenvalue weighted by Crippen LogP contribution is 2.41. The number of aryl methyl sites for hydroxylation is 1. The lowest BCUT2D eigenvalue weighted by Crippen LogP contribution is -2.49. The average molecular weight is 457 g/mol. The molecule has 0 spiro atoms. The van der Waals surface area contributed by atoms with E-state index in [-0.39, 0.29) is 24.5 Å². The van der Waals surface area contributed by atoms with Gasteiger partial charge in [-0.05, 0) is 25.3 Å². The van der Waals surface area contributed by atoms with Crippen LogP contribution in [0.3, 0.4) is 0 Å². The second-order valence-electron chi connectivity index (χ2n) is 9.84. The second-order valence-corrected chi connectivity index (χ2v) is 9.84. The van der Waals surface area contributed by atoms with Gasteiger partial charge in [0.05, 0.1) is 13.6 Å². The van der Waals surface area contributed by atoms with Gasteiger partial charge >= 0.3 is 5.97 Å². The lowest BCUT2D eigenvalue weighted by atomic mass is 9.73. The van der Waals surface area contributed by atoms with E-state index < -0.39 is 11.6 Å². The van der Waals surface area contributed by atoms with Crippen LogP contribution in [-0.2, 0) is 19.9 Å². The Hall–Kier alpha value is -2.71. The first kappa shape index (κ1) is 23.4. The van der Waals surface area contributed by atoms with Gasteiger partial charge in [-0.3, -0.25) is 4.79 Å². The quantitative estimate of drug-likeness (QED) is 0.490. The molecule has 0 bridgehead atoms. The summed E-state index contributed by atoms with van der Waals surface area (Å²) in [5.74, 6) is 0.136. The van der Waals surface area contributed by atoms with Crippen molar-refractivity contribution >= 4 is 17.7 Å². The number of likely N-dealkylation sites (tertiary alicyclic amines) is 1. The number of hydrogen-bond donors (Lipinski definition) is 2. The van der Waals surface area contributed by atoms with Gasteiger partial charge in [0, 0.05) is 18.4 Å². The molecule has 4 rings (SSSR count). The van der Waals surface area contributed by atoms with Crippen molar-refractivity contribution in [3.63, 3.8) is 0 Å². The van der Waals surface area contributed by atoms with Gasteiger partial charge in [-0.2, -0.15) is 0 Å². The number of aromatic nitrogens is 1. The molecule has 1 saturated carbocycles. The number of aliphatic hydroxyl groups is 1. The van der Waals surface area contributed by atoms with Crippen LogP contribution in [0.1, 0.15) is 49.8 Å². The Kier molecular flexibility index (Phi) is 6.86. The Bertz CT molecular complexity index is 971. The third-order valence-corrected chi connectivity index (χ3v) is 7.05. The molecule has 1 aliphatic carbocycles. The van der Waals surface area contributed by atoms with E-state index in [9.17, 15) is 14.7 Å². The van der Waals surface area contributed by atoms with Crippen molar-refractivity contribution < 1.29 is 28.4 Å². The molecule has 178 valence electrons. The van der Waals surface area contributed by atoms with Crippen molar-refractivity contribution in [3.8, 4) is 0 Å². The number of rotatable bonds is 7. The first-order chi connectivity index (χ1) is 15.8. The maximum Gasteiger partial charge on any atom is 0.343 e. The SMILES string of the molecule is Cc1cc(NC(=O)C[N+]2(C)CCC(OC(=O)C(O)(c3ccccc3)C3CCCCC3)C2)no1. The minimum atomic E-state index is -1.64. The van der Waals surface area contributed by atoms with Crippen LogP contribution >= 0.6 is 0 Å². The van der Waals surface area contributed by atoms with Crippen molar-refractivity contribution in [2.45, 2.75) is 57.2 Å². The predicted molar refractivity (Wildman–Crippen MR) is 122 cm³/mol. The molecule has 1 aliphatic heterocycles. The summed E-state index contributed by atoms with van der Waals surface area (Å²) in [4.78, 5) is 25.9. The molecule has 3 atom stereocenters. The summed E-state index contributed by atoms with van der Waals surface area (Å²) >= 11 is 0. The third-order valence-electron chi connectivity index (χ3n) is 7.05. The van der Waals surface area contributed by atoms with Gasteiger partial charge in [-0.15, -0.1) is 0 Å². The summed E-state index contributed by atoms with van der Waals surface area (Å²) in [5.41, 5.74) is -1.05. The van der Waals surface area contributed by atoms with Gasteiger partial charge in [-0.1, -0.05) is 54.8 Å². The number of carbonyl (C=O) groups excluding carboxylic acids is 2. The van der Waals surface area contributed by atoms with E-state index in [1.54, 1.807) is 25.1 Å². The van der Waals surface area contributed by atoms with Gasteiger partial charge in [0.25, 0.3) is 5.91 Å². The number of nitrogens with one attached hydrogen (secondary N) is 1. The maximum absolute atomic E-state index is 13.4. The first-order valence-electron chi connectivity index (χ1n) is 11.8. The number of nitrogens with zero attached hydrogens (tertiary/aromatic N) is 2. The molecular formula is C25H34N3O5+. The van der Waals surface area contributed by atoms with Gasteiger partial charge in [0.15, 0.2) is 24.1 Å². The molecule has 1 amide bonds. The van der Waals surface area contributed by atoms with Crippen LogP contribution in [0.15, 0.2) is 40.9 Å². The zero-order valence-electron chi connectivity index (χ0n) is 19.5. The largest absolute Gasteiger partial charge is 0.454 e. The van der Waals surface area contributed by atoms with E-state index in [1.165, 1.54) is 0 Å². The number of hydrogen-bond acceptors (Lipinski definition) is 6. The van der Waals surface area contributed by atoms with E-state index in [1.807, 2.05) is 25.2 Å². The van der Waals surface area contributed by atoms with Crippen molar-refractivity contribution in [2.24, 2.45) is 5.92 Å². The molecule has 1 saturated heterocycles. The Labute approximate surface area is 194 Å². The van der Waals surface area contributed by atoms with Crippen LogP contribution < -0.4 is 5.32 Å². The molecule has 8 nitrogen and oxygen atoms in total. The Morgan fingerprint density at radius 1 is 1.21 bits per heavy atom. The highest BCUT2D eigenvalue weighted by molar-refractivity contribution is 5.90. The highest BCUT2D eigenvalue weighted by Gasteiger charge is 2.49. The molecule has 8 heteroatoms.